The van der Waals surface area contributed by atoms with Crippen LogP contribution in [0.1, 0.15) is 35.7 Å². The number of rotatable bonds is 9. The van der Waals surface area contributed by atoms with Crippen LogP contribution in [0.15, 0.2) is 72.9 Å². The Morgan fingerprint density at radius 3 is 2.41 bits per heavy atom. The second kappa shape index (κ2) is 9.54. The second-order valence-corrected chi connectivity index (χ2v) is 7.41. The summed E-state index contributed by atoms with van der Waals surface area (Å²) in [7, 11) is 0. The Kier molecular flexibility index (Phi) is 6.86. The molecule has 0 saturated carbocycles. The van der Waals surface area contributed by atoms with E-state index in [1.165, 1.54) is 27.3 Å². The average Bonchev–Trinajstić information content (AvgIpc) is 3.11. The predicted octanol–water partition coefficient (Wildman–Crippen LogP) is 3.20. The summed E-state index contributed by atoms with van der Waals surface area (Å²) in [5.41, 5.74) is 5.31. The molecule has 3 heteroatoms. The Labute approximate surface area is 162 Å². The lowest BCUT2D eigenvalue weighted by atomic mass is 10.1. The van der Waals surface area contributed by atoms with Crippen molar-refractivity contribution in [1.82, 2.24) is 4.57 Å². The minimum absolute atomic E-state index is 0.261. The van der Waals surface area contributed by atoms with Crippen molar-refractivity contribution in [2.45, 2.75) is 46.0 Å². The average molecular weight is 364 g/mol. The van der Waals surface area contributed by atoms with E-state index >= 15 is 0 Å². The summed E-state index contributed by atoms with van der Waals surface area (Å²) < 4.78 is 2.34. The van der Waals surface area contributed by atoms with Crippen LogP contribution in [0.4, 0.5) is 0 Å². The van der Waals surface area contributed by atoms with Gasteiger partial charge in [0.05, 0.1) is 5.69 Å². The van der Waals surface area contributed by atoms with Gasteiger partial charge in [0.25, 0.3) is 0 Å². The Morgan fingerprint density at radius 1 is 0.926 bits per heavy atom. The van der Waals surface area contributed by atoms with Crippen molar-refractivity contribution in [2.24, 2.45) is 0 Å². The number of aromatic nitrogens is 1. The van der Waals surface area contributed by atoms with Gasteiger partial charge in [0.15, 0.2) is 0 Å². The van der Waals surface area contributed by atoms with Crippen LogP contribution in [0.2, 0.25) is 0 Å². The van der Waals surface area contributed by atoms with E-state index < -0.39 is 0 Å². The third kappa shape index (κ3) is 5.56. The molecule has 0 aliphatic rings. The van der Waals surface area contributed by atoms with Crippen LogP contribution >= 0.6 is 0 Å². The highest BCUT2D eigenvalue weighted by molar-refractivity contribution is 5.26. The molecule has 1 aromatic heterocycles. The SMILES string of the molecule is CC[C@H](O)C[NH+](Cc1ccccc1)Cc1cccn1Cc1ccccc1C. The third-order valence-electron chi connectivity index (χ3n) is 5.25. The first-order valence-electron chi connectivity index (χ1n) is 9.89. The van der Waals surface area contributed by atoms with Gasteiger partial charge in [-0.05, 0) is 36.6 Å². The largest absolute Gasteiger partial charge is 0.387 e. The van der Waals surface area contributed by atoms with Crippen molar-refractivity contribution in [1.29, 1.82) is 0 Å². The van der Waals surface area contributed by atoms with Gasteiger partial charge in [-0.1, -0.05) is 61.5 Å². The molecule has 0 aliphatic heterocycles. The van der Waals surface area contributed by atoms with Gasteiger partial charge in [-0.15, -0.1) is 0 Å². The van der Waals surface area contributed by atoms with Gasteiger partial charge in [-0.25, -0.2) is 0 Å². The molecule has 27 heavy (non-hydrogen) atoms. The van der Waals surface area contributed by atoms with Gasteiger partial charge in [0, 0.05) is 18.3 Å². The molecule has 3 nitrogen and oxygen atoms in total. The van der Waals surface area contributed by atoms with E-state index in [0.29, 0.717) is 0 Å². The summed E-state index contributed by atoms with van der Waals surface area (Å²) in [6, 6.07) is 23.5. The van der Waals surface area contributed by atoms with Crippen molar-refractivity contribution in [2.75, 3.05) is 6.54 Å². The Bertz CT molecular complexity index is 825. The molecule has 0 bridgehead atoms. The molecule has 2 N–H and O–H groups in total. The monoisotopic (exact) mass is 363 g/mol. The van der Waals surface area contributed by atoms with Gasteiger partial charge in [0.1, 0.15) is 25.7 Å². The van der Waals surface area contributed by atoms with Crippen LogP contribution in [0.5, 0.6) is 0 Å². The minimum atomic E-state index is -0.261. The first-order valence-corrected chi connectivity index (χ1v) is 9.89. The maximum atomic E-state index is 10.2. The van der Waals surface area contributed by atoms with E-state index in [-0.39, 0.29) is 6.10 Å². The molecule has 0 fully saturated rings. The first kappa shape index (κ1) is 19.4. The van der Waals surface area contributed by atoms with E-state index in [1.807, 2.05) is 6.92 Å². The Balaban J connectivity index is 1.75. The summed E-state index contributed by atoms with van der Waals surface area (Å²) in [4.78, 5) is 1.39. The van der Waals surface area contributed by atoms with Gasteiger partial charge in [-0.2, -0.15) is 0 Å². The lowest BCUT2D eigenvalue weighted by Crippen LogP contribution is -3.10. The van der Waals surface area contributed by atoms with Crippen LogP contribution in [0.3, 0.4) is 0 Å². The van der Waals surface area contributed by atoms with Gasteiger partial charge in [0.2, 0.25) is 0 Å². The molecular weight excluding hydrogens is 332 g/mol. The topological polar surface area (TPSA) is 29.6 Å². The smallest absolute Gasteiger partial charge is 0.118 e. The maximum Gasteiger partial charge on any atom is 0.118 e. The van der Waals surface area contributed by atoms with Gasteiger partial charge in [-0.3, -0.25) is 0 Å². The number of nitrogens with zero attached hydrogens (tertiary/aromatic N) is 1. The number of hydrogen-bond donors (Lipinski definition) is 2. The predicted molar refractivity (Wildman–Crippen MR) is 111 cm³/mol. The fourth-order valence-electron chi connectivity index (χ4n) is 3.56. The summed E-state index contributed by atoms with van der Waals surface area (Å²) in [5, 5.41) is 10.2. The zero-order valence-electron chi connectivity index (χ0n) is 16.4. The van der Waals surface area contributed by atoms with E-state index in [2.05, 4.69) is 84.4 Å². The molecule has 0 spiro atoms. The molecular formula is C24H31N2O+. The van der Waals surface area contributed by atoms with Crippen molar-refractivity contribution in [3.05, 3.63) is 95.3 Å². The van der Waals surface area contributed by atoms with Crippen molar-refractivity contribution >= 4 is 0 Å². The van der Waals surface area contributed by atoms with Crippen molar-refractivity contribution in [3.63, 3.8) is 0 Å². The van der Waals surface area contributed by atoms with Gasteiger partial charge < -0.3 is 14.6 Å². The van der Waals surface area contributed by atoms with Crippen LogP contribution < -0.4 is 4.90 Å². The molecule has 2 aromatic carbocycles. The molecule has 2 atom stereocenters. The molecule has 1 heterocycles. The quantitative estimate of drug-likeness (QED) is 0.601. The number of benzene rings is 2. The van der Waals surface area contributed by atoms with E-state index in [9.17, 15) is 5.11 Å². The molecule has 0 aliphatic carbocycles. The fourth-order valence-corrected chi connectivity index (χ4v) is 3.56. The molecule has 0 amide bonds. The lowest BCUT2D eigenvalue weighted by molar-refractivity contribution is -0.930. The number of aryl methyl sites for hydroxylation is 1. The molecule has 3 rings (SSSR count). The molecule has 0 saturated heterocycles. The van der Waals surface area contributed by atoms with E-state index in [0.717, 1.165) is 32.6 Å². The highest BCUT2D eigenvalue weighted by Crippen LogP contribution is 2.11. The number of nitrogens with one attached hydrogen (secondary N) is 1. The number of aliphatic hydroxyl groups is 1. The Hall–Kier alpha value is -2.36. The highest BCUT2D eigenvalue weighted by Gasteiger charge is 2.17. The standard InChI is InChI=1S/C24H30N2O/c1-3-24(27)19-25(16-21-11-5-4-6-12-21)18-23-14-9-15-26(23)17-22-13-8-7-10-20(22)2/h4-15,24,27H,3,16-19H2,1-2H3/p+1/t24-/m0/s1. The maximum absolute atomic E-state index is 10.2. The van der Waals surface area contributed by atoms with Crippen LogP contribution in [0, 0.1) is 6.92 Å². The highest BCUT2D eigenvalue weighted by atomic mass is 16.3. The van der Waals surface area contributed by atoms with Crippen LogP contribution in [-0.2, 0) is 19.6 Å². The van der Waals surface area contributed by atoms with Crippen molar-refractivity contribution < 1.29 is 10.0 Å². The van der Waals surface area contributed by atoms with E-state index in [1.54, 1.807) is 0 Å². The zero-order chi connectivity index (χ0) is 19.1. The number of aliphatic hydroxyl groups excluding tert-OH is 1. The van der Waals surface area contributed by atoms with Gasteiger partial charge >= 0.3 is 0 Å². The fraction of sp³-hybridized carbons (Fsp3) is 0.333. The molecule has 142 valence electrons. The number of hydrogen-bond acceptors (Lipinski definition) is 1. The zero-order valence-corrected chi connectivity index (χ0v) is 16.4. The first-order chi connectivity index (χ1) is 13.2. The third-order valence-corrected chi connectivity index (χ3v) is 5.25. The second-order valence-electron chi connectivity index (χ2n) is 7.41. The van der Waals surface area contributed by atoms with Crippen molar-refractivity contribution in [3.8, 4) is 0 Å². The summed E-state index contributed by atoms with van der Waals surface area (Å²) >= 11 is 0. The van der Waals surface area contributed by atoms with Crippen LogP contribution in [0.25, 0.3) is 0 Å². The normalized spacial score (nSPS) is 13.4. The molecule has 0 radical (unpaired) electrons. The van der Waals surface area contributed by atoms with E-state index in [4.69, 9.17) is 0 Å². The Morgan fingerprint density at radius 2 is 1.67 bits per heavy atom. The minimum Gasteiger partial charge on any atom is -0.387 e. The molecule has 1 unspecified atom stereocenters. The lowest BCUT2D eigenvalue weighted by Gasteiger charge is -2.23. The molecule has 3 aromatic rings. The number of quaternary nitrogens is 1. The van der Waals surface area contributed by atoms with Crippen LogP contribution in [-0.4, -0.2) is 22.3 Å². The summed E-state index contributed by atoms with van der Waals surface area (Å²) in [6.45, 7) is 7.71. The summed E-state index contributed by atoms with van der Waals surface area (Å²) in [5.74, 6) is 0. The summed E-state index contributed by atoms with van der Waals surface area (Å²) in [6.07, 6.45) is 2.70.